The van der Waals surface area contributed by atoms with E-state index in [2.05, 4.69) is 15.2 Å². The Morgan fingerprint density at radius 1 is 1.19 bits per heavy atom. The molecule has 1 saturated carbocycles. The molecule has 5 heteroatoms. The molecule has 2 aliphatic rings. The molecule has 122 valence electrons. The van der Waals surface area contributed by atoms with E-state index in [9.17, 15) is 0 Å². The number of ether oxygens (including phenoxy) is 2. The Kier molecular flexibility index (Phi) is 6.77. The maximum atomic E-state index is 5.46. The van der Waals surface area contributed by atoms with Gasteiger partial charge in [-0.1, -0.05) is 6.42 Å². The number of nitrogens with zero attached hydrogens (tertiary/aromatic N) is 2. The first-order valence-corrected chi connectivity index (χ1v) is 8.32. The lowest BCUT2D eigenvalue weighted by atomic mass is 9.68. The number of guanidine groups is 1. The van der Waals surface area contributed by atoms with Crippen LogP contribution in [0.4, 0.5) is 0 Å². The van der Waals surface area contributed by atoms with E-state index in [1.165, 1.54) is 38.8 Å². The van der Waals surface area contributed by atoms with Crippen molar-refractivity contribution in [1.29, 1.82) is 0 Å². The molecule has 21 heavy (non-hydrogen) atoms. The third kappa shape index (κ3) is 4.85. The van der Waals surface area contributed by atoms with E-state index < -0.39 is 0 Å². The molecule has 0 atom stereocenters. The van der Waals surface area contributed by atoms with E-state index in [1.807, 2.05) is 7.05 Å². The van der Waals surface area contributed by atoms with Crippen LogP contribution in [0.5, 0.6) is 0 Å². The van der Waals surface area contributed by atoms with Crippen LogP contribution in [0, 0.1) is 5.41 Å². The molecule has 0 aromatic rings. The van der Waals surface area contributed by atoms with Crippen molar-refractivity contribution in [3.63, 3.8) is 0 Å². The zero-order valence-corrected chi connectivity index (χ0v) is 13.7. The van der Waals surface area contributed by atoms with Gasteiger partial charge in [-0.25, -0.2) is 0 Å². The van der Waals surface area contributed by atoms with Gasteiger partial charge < -0.3 is 19.7 Å². The number of aliphatic imine (C=N–C) groups is 1. The van der Waals surface area contributed by atoms with Crippen molar-refractivity contribution in [2.45, 2.75) is 38.5 Å². The predicted molar refractivity (Wildman–Crippen MR) is 85.8 cm³/mol. The van der Waals surface area contributed by atoms with Gasteiger partial charge in [0.05, 0.1) is 13.2 Å². The van der Waals surface area contributed by atoms with Crippen LogP contribution in [-0.2, 0) is 9.47 Å². The summed E-state index contributed by atoms with van der Waals surface area (Å²) in [4.78, 5) is 6.87. The molecule has 0 aromatic heterocycles. The highest BCUT2D eigenvalue weighted by Crippen LogP contribution is 2.47. The molecule has 1 aliphatic heterocycles. The van der Waals surface area contributed by atoms with Gasteiger partial charge in [-0.05, 0) is 37.5 Å². The number of rotatable bonds is 8. The third-order valence-electron chi connectivity index (χ3n) is 4.79. The Balaban J connectivity index is 1.54. The molecule has 0 radical (unpaired) electrons. The minimum absolute atomic E-state index is 0.632. The van der Waals surface area contributed by atoms with Gasteiger partial charge in [0.25, 0.3) is 0 Å². The highest BCUT2D eigenvalue weighted by molar-refractivity contribution is 5.80. The molecule has 1 aliphatic carbocycles. The molecule has 1 heterocycles. The Bertz CT molecular complexity index is 329. The summed E-state index contributed by atoms with van der Waals surface area (Å²) >= 11 is 0. The van der Waals surface area contributed by atoms with E-state index in [0.29, 0.717) is 18.6 Å². The van der Waals surface area contributed by atoms with Crippen LogP contribution in [0.15, 0.2) is 4.99 Å². The van der Waals surface area contributed by atoms with Crippen molar-refractivity contribution >= 4 is 5.96 Å². The number of hydrogen-bond donors (Lipinski definition) is 1. The van der Waals surface area contributed by atoms with Crippen LogP contribution in [-0.4, -0.2) is 64.5 Å². The normalized spacial score (nSPS) is 20.9. The molecule has 0 aromatic carbocycles. The smallest absolute Gasteiger partial charge is 0.193 e. The average Bonchev–Trinajstić information content (AvgIpc) is 2.91. The monoisotopic (exact) mass is 297 g/mol. The summed E-state index contributed by atoms with van der Waals surface area (Å²) in [6, 6.07) is 0. The molecular formula is C16H31N3O2. The number of methoxy groups -OCH3 is 1. The molecule has 0 unspecified atom stereocenters. The largest absolute Gasteiger partial charge is 0.382 e. The van der Waals surface area contributed by atoms with E-state index in [-0.39, 0.29) is 0 Å². The highest BCUT2D eigenvalue weighted by atomic mass is 16.5. The molecule has 1 saturated heterocycles. The lowest BCUT2D eigenvalue weighted by Gasteiger charge is -2.38. The zero-order valence-electron chi connectivity index (χ0n) is 13.7. The van der Waals surface area contributed by atoms with Crippen molar-refractivity contribution in [1.82, 2.24) is 10.2 Å². The zero-order chi connectivity index (χ0) is 15.0. The maximum absolute atomic E-state index is 5.46. The van der Waals surface area contributed by atoms with Gasteiger partial charge in [-0.3, -0.25) is 4.99 Å². The van der Waals surface area contributed by atoms with Crippen LogP contribution < -0.4 is 5.32 Å². The third-order valence-corrected chi connectivity index (χ3v) is 4.79. The number of hydrogen-bond acceptors (Lipinski definition) is 3. The Labute approximate surface area is 129 Å². The average molecular weight is 297 g/mol. The molecular weight excluding hydrogens is 266 g/mol. The lowest BCUT2D eigenvalue weighted by Crippen LogP contribution is -2.42. The summed E-state index contributed by atoms with van der Waals surface area (Å²) < 4.78 is 10.4. The van der Waals surface area contributed by atoms with Crippen molar-refractivity contribution in [3.05, 3.63) is 0 Å². The number of nitrogens with one attached hydrogen (secondary N) is 1. The topological polar surface area (TPSA) is 46.1 Å². The van der Waals surface area contributed by atoms with Crippen LogP contribution in [0.3, 0.4) is 0 Å². The van der Waals surface area contributed by atoms with Crippen molar-refractivity contribution in [2.24, 2.45) is 10.4 Å². The quantitative estimate of drug-likeness (QED) is 0.422. The van der Waals surface area contributed by atoms with Crippen LogP contribution in [0.25, 0.3) is 0 Å². The summed E-state index contributed by atoms with van der Waals surface area (Å²) in [5.41, 5.74) is 0.632. The van der Waals surface area contributed by atoms with Gasteiger partial charge in [0.15, 0.2) is 5.96 Å². The second-order valence-electron chi connectivity index (χ2n) is 6.31. The molecule has 0 amide bonds. The van der Waals surface area contributed by atoms with E-state index in [4.69, 9.17) is 9.47 Å². The van der Waals surface area contributed by atoms with Crippen molar-refractivity contribution < 1.29 is 9.47 Å². The summed E-state index contributed by atoms with van der Waals surface area (Å²) in [6.45, 7) is 5.54. The fraction of sp³-hybridized carbons (Fsp3) is 0.938. The van der Waals surface area contributed by atoms with E-state index in [1.54, 1.807) is 7.11 Å². The Hall–Kier alpha value is -0.810. The minimum atomic E-state index is 0.632. The van der Waals surface area contributed by atoms with E-state index in [0.717, 1.165) is 32.0 Å². The number of unbranched alkanes of at least 4 members (excludes halogenated alkanes) is 1. The van der Waals surface area contributed by atoms with Gasteiger partial charge in [0.2, 0.25) is 0 Å². The predicted octanol–water partition coefficient (Wildman–Crippen LogP) is 1.88. The minimum Gasteiger partial charge on any atom is -0.382 e. The van der Waals surface area contributed by atoms with E-state index >= 15 is 0 Å². The summed E-state index contributed by atoms with van der Waals surface area (Å²) in [5.74, 6) is 1.08. The molecule has 2 rings (SSSR count). The van der Waals surface area contributed by atoms with Crippen LogP contribution in [0.2, 0.25) is 0 Å². The van der Waals surface area contributed by atoms with Crippen molar-refractivity contribution in [2.75, 3.05) is 53.6 Å². The molecule has 2 fully saturated rings. The first-order chi connectivity index (χ1) is 10.3. The Morgan fingerprint density at radius 3 is 2.67 bits per heavy atom. The number of likely N-dealkylation sites (tertiary alicyclic amines) is 1. The molecule has 1 N–H and O–H groups in total. The second-order valence-corrected chi connectivity index (χ2v) is 6.31. The SMILES string of the molecule is CN=C(NCCCCOCCOC)N1CCC2(CCC2)C1. The second kappa shape index (κ2) is 8.59. The summed E-state index contributed by atoms with van der Waals surface area (Å²) in [6.07, 6.45) is 7.80. The maximum Gasteiger partial charge on any atom is 0.193 e. The molecule has 0 bridgehead atoms. The van der Waals surface area contributed by atoms with Crippen LogP contribution >= 0.6 is 0 Å². The lowest BCUT2D eigenvalue weighted by molar-refractivity contribution is 0.0689. The molecule has 5 nitrogen and oxygen atoms in total. The fourth-order valence-corrected chi connectivity index (χ4v) is 3.31. The Morgan fingerprint density at radius 2 is 2.05 bits per heavy atom. The van der Waals surface area contributed by atoms with Gasteiger partial charge in [-0.2, -0.15) is 0 Å². The van der Waals surface area contributed by atoms with Gasteiger partial charge in [-0.15, -0.1) is 0 Å². The first-order valence-electron chi connectivity index (χ1n) is 8.32. The fourth-order valence-electron chi connectivity index (χ4n) is 3.31. The summed E-state index contributed by atoms with van der Waals surface area (Å²) in [5, 5.41) is 3.50. The first kappa shape index (κ1) is 16.6. The summed E-state index contributed by atoms with van der Waals surface area (Å²) in [7, 11) is 3.59. The molecule has 1 spiro atoms. The standard InChI is InChI=1S/C16H31N3O2/c1-17-15(18-9-3-4-11-21-13-12-20-2)19-10-8-16(14-19)6-5-7-16/h3-14H2,1-2H3,(H,17,18). The van der Waals surface area contributed by atoms with Crippen molar-refractivity contribution in [3.8, 4) is 0 Å². The van der Waals surface area contributed by atoms with Gasteiger partial charge in [0, 0.05) is 40.4 Å². The van der Waals surface area contributed by atoms with Crippen LogP contribution in [0.1, 0.15) is 38.5 Å². The van der Waals surface area contributed by atoms with Gasteiger partial charge >= 0.3 is 0 Å². The van der Waals surface area contributed by atoms with Gasteiger partial charge in [0.1, 0.15) is 0 Å². The highest BCUT2D eigenvalue weighted by Gasteiger charge is 2.43.